The van der Waals surface area contributed by atoms with E-state index < -0.39 is 0 Å². The van der Waals surface area contributed by atoms with Crippen molar-refractivity contribution in [2.45, 2.75) is 57.9 Å². The minimum atomic E-state index is 0.499. The lowest BCUT2D eigenvalue weighted by Gasteiger charge is -2.29. The maximum Gasteiger partial charge on any atom is 0.133 e. The molecule has 0 spiro atoms. The number of carbonyl (C=O) groups excluding carboxylic acids is 1. The van der Waals surface area contributed by atoms with E-state index in [9.17, 15) is 4.79 Å². The molecule has 0 N–H and O–H groups in total. The van der Waals surface area contributed by atoms with Crippen LogP contribution in [0.15, 0.2) is 0 Å². The van der Waals surface area contributed by atoms with Crippen LogP contribution in [0.5, 0.6) is 0 Å². The highest BCUT2D eigenvalue weighted by molar-refractivity contribution is 5.79. The molecule has 2 aliphatic rings. The summed E-state index contributed by atoms with van der Waals surface area (Å²) in [5.74, 6) is 1.16. The Morgan fingerprint density at radius 2 is 2.20 bits per heavy atom. The lowest BCUT2D eigenvalue weighted by atomic mass is 9.88. The van der Waals surface area contributed by atoms with E-state index in [1.165, 1.54) is 38.8 Å². The van der Waals surface area contributed by atoms with Crippen LogP contribution in [0.3, 0.4) is 0 Å². The van der Waals surface area contributed by atoms with Crippen LogP contribution in [0, 0.1) is 5.92 Å². The Morgan fingerprint density at radius 1 is 1.33 bits per heavy atom. The molecule has 2 heteroatoms. The number of rotatable bonds is 3. The molecular formula is C13H23NO. The first-order valence-corrected chi connectivity index (χ1v) is 6.55. The van der Waals surface area contributed by atoms with E-state index in [1.807, 2.05) is 0 Å². The molecule has 2 unspecified atom stereocenters. The van der Waals surface area contributed by atoms with Gasteiger partial charge in [0.1, 0.15) is 5.78 Å². The summed E-state index contributed by atoms with van der Waals surface area (Å²) in [6.07, 6.45) is 8.12. The number of hydrogen-bond acceptors (Lipinski definition) is 2. The van der Waals surface area contributed by atoms with Crippen LogP contribution >= 0.6 is 0 Å². The average Bonchev–Trinajstić information content (AvgIpc) is 2.65. The summed E-state index contributed by atoms with van der Waals surface area (Å²) in [6, 6.07) is 0.807. The number of carbonyl (C=O) groups is 1. The van der Waals surface area contributed by atoms with Crippen LogP contribution in [0.2, 0.25) is 0 Å². The highest BCUT2D eigenvalue weighted by Gasteiger charge is 2.27. The van der Waals surface area contributed by atoms with Gasteiger partial charge in [-0.25, -0.2) is 0 Å². The van der Waals surface area contributed by atoms with Crippen LogP contribution in [0.4, 0.5) is 0 Å². The van der Waals surface area contributed by atoms with Crippen LogP contribution in [0.1, 0.15) is 51.9 Å². The normalized spacial score (nSPS) is 33.5. The summed E-state index contributed by atoms with van der Waals surface area (Å²) < 4.78 is 0. The molecule has 15 heavy (non-hydrogen) atoms. The van der Waals surface area contributed by atoms with Crippen LogP contribution < -0.4 is 0 Å². The summed E-state index contributed by atoms with van der Waals surface area (Å²) >= 11 is 0. The number of Topliss-reactive ketones (excluding diaryl/α,β-unsaturated/α-hetero) is 1. The monoisotopic (exact) mass is 209 g/mol. The van der Waals surface area contributed by atoms with E-state index >= 15 is 0 Å². The molecule has 2 nitrogen and oxygen atoms in total. The SMILES string of the molecule is CCC1CCCN1CC1CCCC(=O)C1. The Balaban J connectivity index is 1.82. The van der Waals surface area contributed by atoms with E-state index in [1.54, 1.807) is 0 Å². The van der Waals surface area contributed by atoms with E-state index in [0.717, 1.165) is 25.3 Å². The van der Waals surface area contributed by atoms with Crippen molar-refractivity contribution in [1.82, 2.24) is 4.90 Å². The lowest BCUT2D eigenvalue weighted by Crippen LogP contribution is -2.35. The number of nitrogens with zero attached hydrogens (tertiary/aromatic N) is 1. The van der Waals surface area contributed by atoms with Gasteiger partial charge in [0.05, 0.1) is 0 Å². The summed E-state index contributed by atoms with van der Waals surface area (Å²) in [4.78, 5) is 14.0. The van der Waals surface area contributed by atoms with E-state index in [0.29, 0.717) is 11.7 Å². The number of hydrogen-bond donors (Lipinski definition) is 0. The maximum absolute atomic E-state index is 11.4. The molecule has 2 rings (SSSR count). The Kier molecular flexibility index (Phi) is 3.79. The maximum atomic E-state index is 11.4. The minimum Gasteiger partial charge on any atom is -0.300 e. The predicted molar refractivity (Wildman–Crippen MR) is 61.9 cm³/mol. The smallest absolute Gasteiger partial charge is 0.133 e. The molecule has 1 saturated heterocycles. The fraction of sp³-hybridized carbons (Fsp3) is 0.923. The van der Waals surface area contributed by atoms with Crippen molar-refractivity contribution in [1.29, 1.82) is 0 Å². The Morgan fingerprint density at radius 3 is 2.93 bits per heavy atom. The average molecular weight is 209 g/mol. The predicted octanol–water partition coefficient (Wildman–Crippen LogP) is 2.62. The van der Waals surface area contributed by atoms with Crippen molar-refractivity contribution >= 4 is 5.78 Å². The molecule has 0 aromatic rings. The fourth-order valence-electron chi connectivity index (χ4n) is 3.20. The van der Waals surface area contributed by atoms with E-state index in [-0.39, 0.29) is 0 Å². The van der Waals surface area contributed by atoms with Crippen LogP contribution in [-0.4, -0.2) is 29.8 Å². The molecule has 1 aliphatic heterocycles. The molecule has 0 amide bonds. The van der Waals surface area contributed by atoms with E-state index in [4.69, 9.17) is 0 Å². The van der Waals surface area contributed by atoms with Crippen molar-refractivity contribution in [2.75, 3.05) is 13.1 Å². The van der Waals surface area contributed by atoms with Gasteiger partial charge in [-0.15, -0.1) is 0 Å². The minimum absolute atomic E-state index is 0.499. The third-order valence-electron chi connectivity index (χ3n) is 4.05. The largest absolute Gasteiger partial charge is 0.300 e. The summed E-state index contributed by atoms with van der Waals surface area (Å²) in [6.45, 7) is 4.74. The van der Waals surface area contributed by atoms with Gasteiger partial charge in [-0.2, -0.15) is 0 Å². The Labute approximate surface area is 93.0 Å². The topological polar surface area (TPSA) is 20.3 Å². The quantitative estimate of drug-likeness (QED) is 0.712. The number of likely N-dealkylation sites (tertiary alicyclic amines) is 1. The van der Waals surface area contributed by atoms with Crippen molar-refractivity contribution in [2.24, 2.45) is 5.92 Å². The first kappa shape index (κ1) is 11.1. The second-order valence-electron chi connectivity index (χ2n) is 5.20. The molecule has 0 aromatic carbocycles. The van der Waals surface area contributed by atoms with Gasteiger partial charge in [0.2, 0.25) is 0 Å². The summed E-state index contributed by atoms with van der Waals surface area (Å²) in [7, 11) is 0. The first-order valence-electron chi connectivity index (χ1n) is 6.55. The molecule has 1 aliphatic carbocycles. The van der Waals surface area contributed by atoms with E-state index in [2.05, 4.69) is 11.8 Å². The van der Waals surface area contributed by atoms with Crippen molar-refractivity contribution < 1.29 is 4.79 Å². The second kappa shape index (κ2) is 5.11. The molecule has 2 fully saturated rings. The van der Waals surface area contributed by atoms with Crippen molar-refractivity contribution in [3.63, 3.8) is 0 Å². The zero-order valence-electron chi connectivity index (χ0n) is 9.87. The van der Waals surface area contributed by atoms with Gasteiger partial charge < -0.3 is 4.90 Å². The van der Waals surface area contributed by atoms with Crippen LogP contribution in [0.25, 0.3) is 0 Å². The molecular weight excluding hydrogens is 186 g/mol. The summed E-state index contributed by atoms with van der Waals surface area (Å²) in [5, 5.41) is 0. The molecule has 0 aromatic heterocycles. The van der Waals surface area contributed by atoms with Crippen molar-refractivity contribution in [3.05, 3.63) is 0 Å². The zero-order chi connectivity index (χ0) is 10.7. The molecule has 1 saturated carbocycles. The van der Waals surface area contributed by atoms with Gasteiger partial charge >= 0.3 is 0 Å². The van der Waals surface area contributed by atoms with Crippen molar-refractivity contribution in [3.8, 4) is 0 Å². The first-order chi connectivity index (χ1) is 7.29. The number of ketones is 1. The third kappa shape index (κ3) is 2.81. The molecule has 86 valence electrons. The molecule has 2 atom stereocenters. The highest BCUT2D eigenvalue weighted by Crippen LogP contribution is 2.26. The lowest BCUT2D eigenvalue weighted by molar-refractivity contribution is -0.121. The molecule has 0 radical (unpaired) electrons. The zero-order valence-corrected chi connectivity index (χ0v) is 9.87. The summed E-state index contributed by atoms with van der Waals surface area (Å²) in [5.41, 5.74) is 0. The van der Waals surface area contributed by atoms with Gasteiger partial charge in [-0.1, -0.05) is 6.92 Å². The molecule has 1 heterocycles. The van der Waals surface area contributed by atoms with Crippen LogP contribution in [-0.2, 0) is 4.79 Å². The van der Waals surface area contributed by atoms with Gasteiger partial charge in [0.15, 0.2) is 0 Å². The Hall–Kier alpha value is -0.370. The molecule has 0 bridgehead atoms. The Bertz CT molecular complexity index is 227. The highest BCUT2D eigenvalue weighted by atomic mass is 16.1. The third-order valence-corrected chi connectivity index (χ3v) is 4.05. The standard InChI is InChI=1S/C13H23NO/c1-2-12-6-4-8-14(12)10-11-5-3-7-13(15)9-11/h11-12H,2-10H2,1H3. The van der Waals surface area contributed by atoms with Gasteiger partial charge in [-0.3, -0.25) is 4.79 Å². The van der Waals surface area contributed by atoms with Gasteiger partial charge in [0, 0.05) is 25.4 Å². The fourth-order valence-corrected chi connectivity index (χ4v) is 3.20. The van der Waals surface area contributed by atoms with Gasteiger partial charge in [-0.05, 0) is 44.6 Å². The van der Waals surface area contributed by atoms with Gasteiger partial charge in [0.25, 0.3) is 0 Å². The second-order valence-corrected chi connectivity index (χ2v) is 5.20.